The molecule has 7 rings (SSSR count). The van der Waals surface area contributed by atoms with Crippen LogP contribution in [0.25, 0.3) is 11.0 Å². The maximum Gasteiger partial charge on any atom is 0.121 e. The second-order valence-corrected chi connectivity index (χ2v) is 11.2. The van der Waals surface area contributed by atoms with Crippen molar-refractivity contribution in [2.24, 2.45) is 0 Å². The molecule has 0 saturated heterocycles. The van der Waals surface area contributed by atoms with Crippen LogP contribution < -0.4 is 5.32 Å². The lowest BCUT2D eigenvalue weighted by Crippen LogP contribution is -2.31. The minimum atomic E-state index is -0.0831. The Morgan fingerprint density at radius 3 is 2.21 bits per heavy atom. The van der Waals surface area contributed by atoms with Crippen molar-refractivity contribution in [2.45, 2.75) is 51.0 Å². The van der Waals surface area contributed by atoms with Crippen LogP contribution in [0.5, 0.6) is 0 Å². The lowest BCUT2D eigenvalue weighted by atomic mass is 9.90. The van der Waals surface area contributed by atoms with Crippen LogP contribution in [0.15, 0.2) is 116 Å². The molecule has 0 saturated carbocycles. The predicted molar refractivity (Wildman–Crippen MR) is 169 cm³/mol. The first-order valence-electron chi connectivity index (χ1n) is 15.0. The average Bonchev–Trinajstić information content (AvgIpc) is 3.48. The zero-order valence-electron chi connectivity index (χ0n) is 24.1. The number of aryl methyl sites for hydroxylation is 1. The standard InChI is InChI=1S/C36H35N7/c1-2-12-30-29(11-1)41-34(42-30)25-43(33-15-7-9-28-10-8-22-39-35(28)33)24-27-18-16-26(17-19-27)23-40-36(31-13-3-5-20-37-31)32-14-4-6-21-38-32/h1-6,8,10-14,16-22,33,36,40H,7,9,15,23-25H2,(H,41,42). The van der Waals surface area contributed by atoms with Gasteiger partial charge >= 0.3 is 0 Å². The highest BCUT2D eigenvalue weighted by Crippen LogP contribution is 2.35. The second kappa shape index (κ2) is 12.7. The summed E-state index contributed by atoms with van der Waals surface area (Å²) in [5.74, 6) is 0.986. The molecular formula is C36H35N7. The van der Waals surface area contributed by atoms with Gasteiger partial charge in [-0.2, -0.15) is 0 Å². The number of aromatic amines is 1. The number of imidazole rings is 1. The zero-order valence-corrected chi connectivity index (χ0v) is 24.1. The third-order valence-electron chi connectivity index (χ3n) is 8.28. The van der Waals surface area contributed by atoms with E-state index in [0.29, 0.717) is 6.54 Å². The molecule has 1 atom stereocenters. The molecular weight excluding hydrogens is 530 g/mol. The Hall–Kier alpha value is -4.72. The van der Waals surface area contributed by atoms with Crippen molar-refractivity contribution in [2.75, 3.05) is 0 Å². The van der Waals surface area contributed by atoms with Crippen LogP contribution in [-0.2, 0) is 26.1 Å². The summed E-state index contributed by atoms with van der Waals surface area (Å²) in [4.78, 5) is 25.1. The van der Waals surface area contributed by atoms with E-state index in [1.54, 1.807) is 0 Å². The lowest BCUT2D eigenvalue weighted by molar-refractivity contribution is 0.153. The third-order valence-corrected chi connectivity index (χ3v) is 8.28. The average molecular weight is 566 g/mol. The molecule has 2 N–H and O–H groups in total. The second-order valence-electron chi connectivity index (χ2n) is 11.2. The van der Waals surface area contributed by atoms with Crippen molar-refractivity contribution in [1.29, 1.82) is 0 Å². The Kier molecular flexibility index (Phi) is 7.98. The van der Waals surface area contributed by atoms with E-state index in [9.17, 15) is 0 Å². The van der Waals surface area contributed by atoms with Crippen LogP contribution in [0.1, 0.15) is 64.5 Å². The van der Waals surface area contributed by atoms with Crippen LogP contribution >= 0.6 is 0 Å². The summed E-state index contributed by atoms with van der Waals surface area (Å²) in [5, 5.41) is 3.68. The molecule has 0 aliphatic heterocycles. The highest BCUT2D eigenvalue weighted by Gasteiger charge is 2.28. The van der Waals surface area contributed by atoms with Crippen molar-refractivity contribution < 1.29 is 0 Å². The van der Waals surface area contributed by atoms with Gasteiger partial charge in [-0.25, -0.2) is 4.98 Å². The van der Waals surface area contributed by atoms with E-state index in [0.717, 1.165) is 60.6 Å². The number of pyridine rings is 3. The van der Waals surface area contributed by atoms with Crippen molar-refractivity contribution in [3.8, 4) is 0 Å². The molecule has 1 aliphatic carbocycles. The molecule has 1 unspecified atom stereocenters. The largest absolute Gasteiger partial charge is 0.341 e. The van der Waals surface area contributed by atoms with Crippen molar-refractivity contribution in [1.82, 2.24) is 35.1 Å². The predicted octanol–water partition coefficient (Wildman–Crippen LogP) is 6.71. The molecule has 0 fully saturated rings. The molecule has 6 aromatic rings. The van der Waals surface area contributed by atoms with E-state index in [2.05, 4.69) is 79.8 Å². The molecule has 4 heterocycles. The molecule has 4 aromatic heterocycles. The number of hydrogen-bond donors (Lipinski definition) is 2. The minimum absolute atomic E-state index is 0.0831. The SMILES string of the molecule is c1ccc(C(NCc2ccc(CN(Cc3nc4ccccc4[nH]3)C3CCCc4cccnc43)cc2)c2ccccn2)nc1. The Morgan fingerprint density at radius 1 is 0.744 bits per heavy atom. The van der Waals surface area contributed by atoms with Crippen molar-refractivity contribution in [3.05, 3.63) is 155 Å². The number of fused-ring (bicyclic) bond motifs is 2. The Balaban J connectivity index is 1.10. The van der Waals surface area contributed by atoms with Gasteiger partial charge in [0.05, 0.1) is 46.7 Å². The van der Waals surface area contributed by atoms with E-state index in [1.165, 1.54) is 22.4 Å². The molecule has 0 amide bonds. The maximum atomic E-state index is 4.91. The molecule has 2 aromatic carbocycles. The highest BCUT2D eigenvalue weighted by molar-refractivity contribution is 5.74. The minimum Gasteiger partial charge on any atom is -0.341 e. The van der Waals surface area contributed by atoms with Crippen molar-refractivity contribution in [3.63, 3.8) is 0 Å². The van der Waals surface area contributed by atoms with Crippen LogP contribution in [0.2, 0.25) is 0 Å². The van der Waals surface area contributed by atoms with E-state index in [4.69, 9.17) is 9.97 Å². The zero-order chi connectivity index (χ0) is 28.8. The number of para-hydroxylation sites is 2. The summed E-state index contributed by atoms with van der Waals surface area (Å²) >= 11 is 0. The summed E-state index contributed by atoms with van der Waals surface area (Å²) in [6.45, 7) is 2.26. The Morgan fingerprint density at radius 2 is 1.47 bits per heavy atom. The first-order valence-corrected chi connectivity index (χ1v) is 15.0. The van der Waals surface area contributed by atoms with Crippen LogP contribution in [0.3, 0.4) is 0 Å². The van der Waals surface area contributed by atoms with E-state index in [-0.39, 0.29) is 12.1 Å². The number of benzene rings is 2. The molecule has 1 aliphatic rings. The highest BCUT2D eigenvalue weighted by atomic mass is 15.2. The van der Waals surface area contributed by atoms with Gasteiger partial charge in [-0.1, -0.05) is 54.6 Å². The summed E-state index contributed by atoms with van der Waals surface area (Å²) < 4.78 is 0. The smallest absolute Gasteiger partial charge is 0.121 e. The number of nitrogens with zero attached hydrogens (tertiary/aromatic N) is 5. The van der Waals surface area contributed by atoms with Crippen LogP contribution in [0.4, 0.5) is 0 Å². The first kappa shape index (κ1) is 27.1. The van der Waals surface area contributed by atoms with Gasteiger partial charge in [0, 0.05) is 31.7 Å². The monoisotopic (exact) mass is 565 g/mol. The fourth-order valence-corrected chi connectivity index (χ4v) is 6.16. The van der Waals surface area contributed by atoms with Gasteiger partial charge in [0.25, 0.3) is 0 Å². The number of rotatable bonds is 10. The molecule has 214 valence electrons. The summed E-state index contributed by atoms with van der Waals surface area (Å²) in [6, 6.07) is 33.7. The summed E-state index contributed by atoms with van der Waals surface area (Å²) in [7, 11) is 0. The summed E-state index contributed by atoms with van der Waals surface area (Å²) in [6.07, 6.45) is 8.95. The van der Waals surface area contributed by atoms with Gasteiger partial charge in [0.2, 0.25) is 0 Å². The first-order chi connectivity index (χ1) is 21.3. The molecule has 0 spiro atoms. The van der Waals surface area contributed by atoms with Crippen molar-refractivity contribution >= 4 is 11.0 Å². The van der Waals surface area contributed by atoms with Gasteiger partial charge in [-0.05, 0) is 78.4 Å². The number of hydrogen-bond acceptors (Lipinski definition) is 6. The number of aromatic nitrogens is 5. The molecule has 0 radical (unpaired) electrons. The summed E-state index contributed by atoms with van der Waals surface area (Å²) in [5.41, 5.74) is 9.06. The molecule has 7 nitrogen and oxygen atoms in total. The normalized spacial score (nSPS) is 14.8. The van der Waals surface area contributed by atoms with Gasteiger partial charge < -0.3 is 4.98 Å². The molecule has 7 heteroatoms. The maximum absolute atomic E-state index is 4.91. The Bertz CT molecular complexity index is 1690. The van der Waals surface area contributed by atoms with Gasteiger partial charge in [-0.15, -0.1) is 0 Å². The van der Waals surface area contributed by atoms with E-state index in [1.807, 2.05) is 61.1 Å². The molecule has 0 bridgehead atoms. The van der Waals surface area contributed by atoms with Gasteiger partial charge in [0.15, 0.2) is 0 Å². The third kappa shape index (κ3) is 6.23. The fraction of sp³-hybridized carbons (Fsp3) is 0.222. The topological polar surface area (TPSA) is 82.6 Å². The van der Waals surface area contributed by atoms with Crippen LogP contribution in [-0.4, -0.2) is 29.8 Å². The van der Waals surface area contributed by atoms with E-state index < -0.39 is 0 Å². The van der Waals surface area contributed by atoms with Gasteiger partial charge in [-0.3, -0.25) is 25.2 Å². The quantitative estimate of drug-likeness (QED) is 0.192. The van der Waals surface area contributed by atoms with E-state index >= 15 is 0 Å². The number of H-pyrrole nitrogens is 1. The molecule has 43 heavy (non-hydrogen) atoms. The van der Waals surface area contributed by atoms with Gasteiger partial charge in [0.1, 0.15) is 5.82 Å². The van der Waals surface area contributed by atoms with Crippen LogP contribution in [0, 0.1) is 0 Å². The lowest BCUT2D eigenvalue weighted by Gasteiger charge is -2.34. The number of nitrogens with one attached hydrogen (secondary N) is 2. The Labute approximate surface area is 252 Å². The fourth-order valence-electron chi connectivity index (χ4n) is 6.16.